The maximum atomic E-state index is 11.2. The standard InChI is InChI=1S/C24H34N4O4/c1-4-31-15-6-13-25-24(27-18-20-9-11-22(30-3)12-10-20)26-14-16-32-23-8-5-7-21(17-23)28-19(2)29/h5,7-12,17H,4,6,13-16,18H2,1-3H3,(H,28,29)(H2,25,26,27). The number of nitrogens with zero attached hydrogens (tertiary/aromatic N) is 1. The zero-order valence-electron chi connectivity index (χ0n) is 19.1. The van der Waals surface area contributed by atoms with Crippen LogP contribution in [0.4, 0.5) is 5.69 Å². The van der Waals surface area contributed by atoms with Crippen molar-refractivity contribution in [1.29, 1.82) is 0 Å². The average molecular weight is 443 g/mol. The number of benzene rings is 2. The van der Waals surface area contributed by atoms with E-state index < -0.39 is 0 Å². The summed E-state index contributed by atoms with van der Waals surface area (Å²) < 4.78 is 16.4. The van der Waals surface area contributed by atoms with Crippen LogP contribution in [0.2, 0.25) is 0 Å². The predicted molar refractivity (Wildman–Crippen MR) is 127 cm³/mol. The van der Waals surface area contributed by atoms with Crippen molar-refractivity contribution in [2.45, 2.75) is 26.8 Å². The van der Waals surface area contributed by atoms with E-state index in [9.17, 15) is 4.79 Å². The van der Waals surface area contributed by atoms with Crippen LogP contribution >= 0.6 is 0 Å². The number of anilines is 1. The molecule has 2 aromatic carbocycles. The Morgan fingerprint density at radius 1 is 1.00 bits per heavy atom. The van der Waals surface area contributed by atoms with Crippen molar-refractivity contribution in [2.75, 3.05) is 45.3 Å². The van der Waals surface area contributed by atoms with E-state index in [-0.39, 0.29) is 5.91 Å². The second-order valence-electron chi connectivity index (χ2n) is 6.97. The van der Waals surface area contributed by atoms with Crippen LogP contribution in [0.5, 0.6) is 11.5 Å². The Morgan fingerprint density at radius 2 is 1.78 bits per heavy atom. The van der Waals surface area contributed by atoms with Crippen LogP contribution in [0.1, 0.15) is 25.8 Å². The lowest BCUT2D eigenvalue weighted by Crippen LogP contribution is -2.40. The van der Waals surface area contributed by atoms with Crippen molar-refractivity contribution in [3.8, 4) is 11.5 Å². The van der Waals surface area contributed by atoms with Gasteiger partial charge in [-0.25, -0.2) is 4.99 Å². The van der Waals surface area contributed by atoms with Gasteiger partial charge in [-0.3, -0.25) is 4.79 Å². The molecular formula is C24H34N4O4. The smallest absolute Gasteiger partial charge is 0.221 e. The number of methoxy groups -OCH3 is 1. The topological polar surface area (TPSA) is 93.2 Å². The molecular weight excluding hydrogens is 408 g/mol. The molecule has 0 unspecified atom stereocenters. The monoisotopic (exact) mass is 442 g/mol. The maximum absolute atomic E-state index is 11.2. The van der Waals surface area contributed by atoms with Gasteiger partial charge in [-0.15, -0.1) is 0 Å². The van der Waals surface area contributed by atoms with E-state index >= 15 is 0 Å². The third-order valence-corrected chi connectivity index (χ3v) is 4.36. The first-order valence-corrected chi connectivity index (χ1v) is 10.8. The lowest BCUT2D eigenvalue weighted by Gasteiger charge is -2.14. The molecule has 0 atom stereocenters. The Kier molecular flexibility index (Phi) is 11.5. The molecule has 32 heavy (non-hydrogen) atoms. The molecule has 0 spiro atoms. The molecule has 0 fully saturated rings. The molecule has 3 N–H and O–H groups in total. The number of aliphatic imine (C=N–C) groups is 1. The first-order chi connectivity index (χ1) is 15.6. The number of carbonyl (C=O) groups excluding carboxylic acids is 1. The van der Waals surface area contributed by atoms with E-state index in [1.165, 1.54) is 6.92 Å². The lowest BCUT2D eigenvalue weighted by atomic mass is 10.2. The number of ether oxygens (including phenoxy) is 3. The number of hydrogen-bond acceptors (Lipinski definition) is 5. The highest BCUT2D eigenvalue weighted by molar-refractivity contribution is 5.88. The highest BCUT2D eigenvalue weighted by atomic mass is 16.5. The first-order valence-electron chi connectivity index (χ1n) is 10.8. The largest absolute Gasteiger partial charge is 0.497 e. The molecule has 8 heteroatoms. The fourth-order valence-electron chi connectivity index (χ4n) is 2.81. The number of guanidine groups is 1. The van der Waals surface area contributed by atoms with Crippen LogP contribution in [0, 0.1) is 0 Å². The van der Waals surface area contributed by atoms with Gasteiger partial charge < -0.3 is 30.2 Å². The highest BCUT2D eigenvalue weighted by Crippen LogP contribution is 2.17. The normalized spacial score (nSPS) is 11.0. The van der Waals surface area contributed by atoms with Crippen LogP contribution < -0.4 is 25.4 Å². The zero-order chi connectivity index (χ0) is 23.0. The van der Waals surface area contributed by atoms with Gasteiger partial charge in [0.2, 0.25) is 5.91 Å². The molecule has 2 aromatic rings. The van der Waals surface area contributed by atoms with Crippen LogP contribution in [0.15, 0.2) is 53.5 Å². The molecule has 0 aliphatic rings. The van der Waals surface area contributed by atoms with Gasteiger partial charge in [0, 0.05) is 38.4 Å². The van der Waals surface area contributed by atoms with Crippen LogP contribution in [0.25, 0.3) is 0 Å². The molecule has 0 aliphatic carbocycles. The molecule has 1 amide bonds. The molecule has 0 aromatic heterocycles. The van der Waals surface area contributed by atoms with Gasteiger partial charge in [-0.05, 0) is 43.2 Å². The molecule has 0 aliphatic heterocycles. The number of nitrogens with one attached hydrogen (secondary N) is 3. The summed E-state index contributed by atoms with van der Waals surface area (Å²) in [7, 11) is 1.65. The fraction of sp³-hybridized carbons (Fsp3) is 0.417. The predicted octanol–water partition coefficient (Wildman–Crippen LogP) is 3.19. The van der Waals surface area contributed by atoms with Gasteiger partial charge >= 0.3 is 0 Å². The maximum Gasteiger partial charge on any atom is 0.221 e. The molecule has 0 heterocycles. The number of amides is 1. The Morgan fingerprint density at radius 3 is 2.50 bits per heavy atom. The Labute approximate surface area is 190 Å². The molecule has 0 saturated heterocycles. The zero-order valence-corrected chi connectivity index (χ0v) is 19.1. The lowest BCUT2D eigenvalue weighted by molar-refractivity contribution is -0.114. The number of carbonyl (C=O) groups is 1. The second kappa shape index (κ2) is 14.7. The minimum Gasteiger partial charge on any atom is -0.497 e. The molecule has 8 nitrogen and oxygen atoms in total. The summed E-state index contributed by atoms with van der Waals surface area (Å²) >= 11 is 0. The Bertz CT molecular complexity index is 840. The highest BCUT2D eigenvalue weighted by Gasteiger charge is 2.02. The summed E-state index contributed by atoms with van der Waals surface area (Å²) in [6.45, 7) is 7.23. The SMILES string of the molecule is CCOCCCNC(=NCc1ccc(OC)cc1)NCCOc1cccc(NC(C)=O)c1. The van der Waals surface area contributed by atoms with Crippen molar-refractivity contribution >= 4 is 17.6 Å². The van der Waals surface area contributed by atoms with Crippen molar-refractivity contribution < 1.29 is 19.0 Å². The minimum atomic E-state index is -0.114. The summed E-state index contributed by atoms with van der Waals surface area (Å²) in [5, 5.41) is 9.38. The molecule has 2 rings (SSSR count). The molecule has 174 valence electrons. The quantitative estimate of drug-likeness (QED) is 0.251. The van der Waals surface area contributed by atoms with Gasteiger partial charge in [0.15, 0.2) is 5.96 Å². The van der Waals surface area contributed by atoms with E-state index in [1.807, 2.05) is 49.4 Å². The van der Waals surface area contributed by atoms with Gasteiger partial charge in [0.05, 0.1) is 20.2 Å². The van der Waals surface area contributed by atoms with E-state index in [4.69, 9.17) is 14.2 Å². The van der Waals surface area contributed by atoms with Crippen molar-refractivity contribution in [1.82, 2.24) is 10.6 Å². The average Bonchev–Trinajstić information content (AvgIpc) is 2.79. The van der Waals surface area contributed by atoms with Gasteiger partial charge in [0.1, 0.15) is 18.1 Å². The first kappa shape index (κ1) is 25.0. The van der Waals surface area contributed by atoms with Gasteiger partial charge in [-0.1, -0.05) is 18.2 Å². The van der Waals surface area contributed by atoms with Crippen LogP contribution in [-0.4, -0.2) is 51.9 Å². The summed E-state index contributed by atoms with van der Waals surface area (Å²) in [6, 6.07) is 15.2. The molecule has 0 saturated carbocycles. The Balaban J connectivity index is 1.85. The Hall–Kier alpha value is -3.26. The van der Waals surface area contributed by atoms with E-state index in [2.05, 4.69) is 20.9 Å². The molecule has 0 bridgehead atoms. The van der Waals surface area contributed by atoms with E-state index in [0.717, 1.165) is 30.9 Å². The summed E-state index contributed by atoms with van der Waals surface area (Å²) in [5.74, 6) is 2.12. The summed E-state index contributed by atoms with van der Waals surface area (Å²) in [4.78, 5) is 15.9. The minimum absolute atomic E-state index is 0.114. The van der Waals surface area contributed by atoms with Gasteiger partial charge in [-0.2, -0.15) is 0 Å². The fourth-order valence-corrected chi connectivity index (χ4v) is 2.81. The van der Waals surface area contributed by atoms with Crippen molar-refractivity contribution in [3.05, 3.63) is 54.1 Å². The number of rotatable bonds is 13. The number of hydrogen-bond donors (Lipinski definition) is 3. The third kappa shape index (κ3) is 10.2. The van der Waals surface area contributed by atoms with Crippen LogP contribution in [-0.2, 0) is 16.1 Å². The summed E-state index contributed by atoms with van der Waals surface area (Å²) in [6.07, 6.45) is 0.892. The van der Waals surface area contributed by atoms with E-state index in [0.29, 0.717) is 43.7 Å². The van der Waals surface area contributed by atoms with Gasteiger partial charge in [0.25, 0.3) is 0 Å². The third-order valence-electron chi connectivity index (χ3n) is 4.36. The molecule has 0 radical (unpaired) electrons. The van der Waals surface area contributed by atoms with Crippen LogP contribution in [0.3, 0.4) is 0 Å². The van der Waals surface area contributed by atoms with E-state index in [1.54, 1.807) is 13.2 Å². The van der Waals surface area contributed by atoms with Crippen molar-refractivity contribution in [2.24, 2.45) is 4.99 Å². The van der Waals surface area contributed by atoms with Crippen molar-refractivity contribution in [3.63, 3.8) is 0 Å². The second-order valence-corrected chi connectivity index (χ2v) is 6.97. The summed E-state index contributed by atoms with van der Waals surface area (Å²) in [5.41, 5.74) is 1.80.